The van der Waals surface area contributed by atoms with Gasteiger partial charge in [0, 0.05) is 0 Å². The highest BCUT2D eigenvalue weighted by Gasteiger charge is 2.42. The average Bonchev–Trinajstić information content (AvgIpc) is 3.27. The Kier molecular flexibility index (Phi) is 3.15. The first-order chi connectivity index (χ1) is 14.7. The molecule has 4 aromatic rings. The predicted octanol–water partition coefficient (Wildman–Crippen LogP) is 6.17. The van der Waals surface area contributed by atoms with Gasteiger partial charge in [-0.2, -0.15) is 0 Å². The normalized spacial score (nSPS) is 16.7. The number of allylic oxidation sites excluding steroid dienone is 1. The van der Waals surface area contributed by atoms with Gasteiger partial charge in [0.2, 0.25) is 0 Å². The van der Waals surface area contributed by atoms with E-state index in [1.165, 1.54) is 39.6 Å². The lowest BCUT2D eigenvalue weighted by Crippen LogP contribution is -2.49. The van der Waals surface area contributed by atoms with Crippen LogP contribution in [0.25, 0.3) is 39.1 Å². The van der Waals surface area contributed by atoms with Gasteiger partial charge in [-0.05, 0) is 84.9 Å². The summed E-state index contributed by atoms with van der Waals surface area (Å²) in [5, 5.41) is 6.39. The Morgan fingerprint density at radius 1 is 0.767 bits per heavy atom. The largest absolute Gasteiger partial charge is 0.114 e. The van der Waals surface area contributed by atoms with Gasteiger partial charge in [-0.25, -0.2) is 0 Å². The summed E-state index contributed by atoms with van der Waals surface area (Å²) in [7, 11) is -1.78. The molecule has 144 valence electrons. The van der Waals surface area contributed by atoms with E-state index in [-0.39, 0.29) is 0 Å². The zero-order chi connectivity index (χ0) is 20.0. The van der Waals surface area contributed by atoms with Crippen LogP contribution in [-0.2, 0) is 12.8 Å². The van der Waals surface area contributed by atoms with Crippen LogP contribution in [-0.4, -0.2) is 8.07 Å². The number of rotatable bonds is 0. The summed E-state index contributed by atoms with van der Waals surface area (Å²) in [6.45, 7) is 5.15. The van der Waals surface area contributed by atoms with Crippen LogP contribution >= 0.6 is 0 Å². The smallest absolute Gasteiger partial charge is 0.0836 e. The fraction of sp³-hybridized carbons (Fsp3) is 0.172. The number of benzene rings is 4. The first-order valence-electron chi connectivity index (χ1n) is 11.2. The number of fused-ring (bicyclic) bond motifs is 12. The third-order valence-corrected chi connectivity index (χ3v) is 11.3. The minimum absolute atomic E-state index is 1.07. The van der Waals surface area contributed by atoms with Crippen LogP contribution in [0.5, 0.6) is 0 Å². The van der Waals surface area contributed by atoms with Gasteiger partial charge < -0.3 is 0 Å². The maximum atomic E-state index is 2.57. The van der Waals surface area contributed by atoms with Crippen LogP contribution in [0.1, 0.15) is 28.7 Å². The molecular weight excluding hydrogens is 376 g/mol. The molecular formula is C29H24Si. The lowest BCUT2D eigenvalue weighted by molar-refractivity contribution is 0.993. The Morgan fingerprint density at radius 2 is 1.57 bits per heavy atom. The van der Waals surface area contributed by atoms with Crippen molar-refractivity contribution < 1.29 is 0 Å². The van der Waals surface area contributed by atoms with E-state index in [9.17, 15) is 0 Å². The highest BCUT2D eigenvalue weighted by atomic mass is 28.3. The molecule has 0 spiro atoms. The molecule has 1 aliphatic heterocycles. The Morgan fingerprint density at radius 3 is 2.47 bits per heavy atom. The van der Waals surface area contributed by atoms with Crippen molar-refractivity contribution >= 4 is 35.3 Å². The van der Waals surface area contributed by atoms with Crippen molar-refractivity contribution in [3.8, 4) is 22.3 Å². The van der Waals surface area contributed by atoms with Gasteiger partial charge in [-0.3, -0.25) is 0 Å². The molecule has 0 N–H and O–H groups in total. The topological polar surface area (TPSA) is 0 Å². The summed E-state index contributed by atoms with van der Waals surface area (Å²) >= 11 is 0. The third kappa shape index (κ3) is 1.92. The van der Waals surface area contributed by atoms with Crippen molar-refractivity contribution in [1.29, 1.82) is 0 Å². The average molecular weight is 401 g/mol. The highest BCUT2D eigenvalue weighted by molar-refractivity contribution is 7.05. The summed E-state index contributed by atoms with van der Waals surface area (Å²) in [6, 6.07) is 23.1. The van der Waals surface area contributed by atoms with Gasteiger partial charge >= 0.3 is 0 Å². The van der Waals surface area contributed by atoms with Gasteiger partial charge in [0.15, 0.2) is 0 Å². The summed E-state index contributed by atoms with van der Waals surface area (Å²) in [4.78, 5) is 0. The molecule has 0 saturated heterocycles. The Labute approximate surface area is 178 Å². The van der Waals surface area contributed by atoms with E-state index in [0.717, 1.165) is 12.8 Å². The van der Waals surface area contributed by atoms with Crippen molar-refractivity contribution in [1.82, 2.24) is 0 Å². The molecule has 4 aromatic carbocycles. The first kappa shape index (κ1) is 16.8. The minimum atomic E-state index is -1.78. The molecule has 30 heavy (non-hydrogen) atoms. The fourth-order valence-electron chi connectivity index (χ4n) is 6.48. The minimum Gasteiger partial charge on any atom is -0.0836 e. The molecule has 3 aliphatic rings. The first-order valence-corrected chi connectivity index (χ1v) is 14.2. The molecule has 0 radical (unpaired) electrons. The van der Waals surface area contributed by atoms with Crippen LogP contribution in [0.15, 0.2) is 66.7 Å². The molecule has 0 amide bonds. The Bertz CT molecular complexity index is 1430. The fourth-order valence-corrected chi connectivity index (χ4v) is 9.96. The SMILES string of the molecule is C[Si]1(C)c2ccccc2-c2c3c(c4ccc5c(c4c21)Cc1ccccc1-5)C=CCC3. The van der Waals surface area contributed by atoms with E-state index in [2.05, 4.69) is 85.9 Å². The van der Waals surface area contributed by atoms with Crippen LogP contribution in [0.3, 0.4) is 0 Å². The lowest BCUT2D eigenvalue weighted by atomic mass is 9.84. The number of hydrogen-bond acceptors (Lipinski definition) is 0. The molecule has 0 nitrogen and oxygen atoms in total. The van der Waals surface area contributed by atoms with Gasteiger partial charge in [0.1, 0.15) is 8.07 Å². The van der Waals surface area contributed by atoms with Crippen LogP contribution < -0.4 is 10.4 Å². The van der Waals surface area contributed by atoms with Crippen molar-refractivity contribution in [2.24, 2.45) is 0 Å². The second kappa shape index (κ2) is 5.62. The molecule has 1 heteroatoms. The van der Waals surface area contributed by atoms with Crippen molar-refractivity contribution in [2.45, 2.75) is 32.4 Å². The van der Waals surface area contributed by atoms with E-state index in [0.29, 0.717) is 0 Å². The van der Waals surface area contributed by atoms with Gasteiger partial charge in [-0.1, -0.05) is 85.9 Å². The quantitative estimate of drug-likeness (QED) is 0.273. The second-order valence-corrected chi connectivity index (χ2v) is 13.9. The second-order valence-electron chi connectivity index (χ2n) is 9.60. The maximum absolute atomic E-state index is 2.57. The summed E-state index contributed by atoms with van der Waals surface area (Å²) in [5.74, 6) is 0. The maximum Gasteiger partial charge on any atom is 0.114 e. The van der Waals surface area contributed by atoms with E-state index in [4.69, 9.17) is 0 Å². The van der Waals surface area contributed by atoms with Crippen molar-refractivity contribution in [3.63, 3.8) is 0 Å². The Hall–Kier alpha value is -2.90. The van der Waals surface area contributed by atoms with Gasteiger partial charge in [-0.15, -0.1) is 0 Å². The molecule has 0 atom stereocenters. The zero-order valence-corrected chi connectivity index (χ0v) is 18.5. The van der Waals surface area contributed by atoms with E-state index >= 15 is 0 Å². The molecule has 0 fully saturated rings. The Balaban J connectivity index is 1.70. The summed E-state index contributed by atoms with van der Waals surface area (Å²) in [5.41, 5.74) is 12.1. The molecule has 7 rings (SSSR count). The lowest BCUT2D eigenvalue weighted by Gasteiger charge is -2.26. The van der Waals surface area contributed by atoms with Crippen LogP contribution in [0.2, 0.25) is 13.1 Å². The standard InChI is InChI=1S/C29H24Si/c1-30(2)26-14-8-7-13-24(26)27-22-12-6-5-11-20(22)23-16-15-21-19-10-4-3-9-18(19)17-25(21)28(23)29(27)30/h3-5,7-11,13-16H,6,12,17H2,1-2H3. The molecule has 1 heterocycles. The monoisotopic (exact) mass is 400 g/mol. The molecule has 0 aromatic heterocycles. The predicted molar refractivity (Wildman–Crippen MR) is 132 cm³/mol. The van der Waals surface area contributed by atoms with Crippen LogP contribution in [0, 0.1) is 0 Å². The molecule has 2 aliphatic carbocycles. The molecule has 0 unspecified atom stereocenters. The van der Waals surface area contributed by atoms with Crippen LogP contribution in [0.4, 0.5) is 0 Å². The van der Waals surface area contributed by atoms with E-state index in [1.54, 1.807) is 32.5 Å². The highest BCUT2D eigenvalue weighted by Crippen LogP contribution is 2.46. The van der Waals surface area contributed by atoms with Gasteiger partial charge in [0.05, 0.1) is 0 Å². The van der Waals surface area contributed by atoms with Crippen molar-refractivity contribution in [2.75, 3.05) is 0 Å². The summed E-state index contributed by atoms with van der Waals surface area (Å²) in [6.07, 6.45) is 8.18. The number of hydrogen-bond donors (Lipinski definition) is 0. The zero-order valence-electron chi connectivity index (χ0n) is 17.5. The van der Waals surface area contributed by atoms with E-state index < -0.39 is 8.07 Å². The van der Waals surface area contributed by atoms with Crippen molar-refractivity contribution in [3.05, 3.63) is 89.0 Å². The van der Waals surface area contributed by atoms with Gasteiger partial charge in [0.25, 0.3) is 0 Å². The molecule has 0 saturated carbocycles. The summed E-state index contributed by atoms with van der Waals surface area (Å²) < 4.78 is 0. The molecule has 0 bridgehead atoms. The third-order valence-electron chi connectivity index (χ3n) is 7.74. The van der Waals surface area contributed by atoms with E-state index in [1.807, 2.05) is 0 Å².